The summed E-state index contributed by atoms with van der Waals surface area (Å²) < 4.78 is 46.1. The first-order chi connectivity index (χ1) is 13.8. The zero-order chi connectivity index (χ0) is 20.6. The zero-order valence-corrected chi connectivity index (χ0v) is 15.4. The Morgan fingerprint density at radius 2 is 1.90 bits per heavy atom. The Balaban J connectivity index is 1.68. The van der Waals surface area contributed by atoms with Crippen molar-refractivity contribution in [2.45, 2.75) is 24.4 Å². The molecule has 2 aromatic carbocycles. The van der Waals surface area contributed by atoms with Gasteiger partial charge in [-0.1, -0.05) is 12.1 Å². The van der Waals surface area contributed by atoms with E-state index in [-0.39, 0.29) is 11.6 Å². The van der Waals surface area contributed by atoms with Crippen molar-refractivity contribution in [1.29, 1.82) is 0 Å². The number of alkyl halides is 3. The molecule has 150 valence electrons. The van der Waals surface area contributed by atoms with Gasteiger partial charge in [-0.25, -0.2) is 9.67 Å². The molecule has 6 nitrogen and oxygen atoms in total. The summed E-state index contributed by atoms with van der Waals surface area (Å²) in [5, 5.41) is 6.64. The number of ether oxygens (including phenoxy) is 1. The molecule has 4 rings (SSSR count). The van der Waals surface area contributed by atoms with Crippen molar-refractivity contribution in [2.75, 3.05) is 12.4 Å². The third-order valence-corrected chi connectivity index (χ3v) is 5.06. The minimum Gasteiger partial charge on any atom is -0.497 e. The van der Waals surface area contributed by atoms with E-state index in [0.717, 1.165) is 17.7 Å². The molecule has 1 N–H and O–H groups in total. The zero-order valence-electron chi connectivity index (χ0n) is 15.4. The molecule has 1 heterocycles. The Labute approximate surface area is 164 Å². The molecule has 0 atom stereocenters. The fraction of sp³-hybridized carbons (Fsp3) is 0.250. The van der Waals surface area contributed by atoms with E-state index in [9.17, 15) is 18.0 Å². The van der Waals surface area contributed by atoms with Gasteiger partial charge in [0.1, 0.15) is 18.4 Å². The molecule has 29 heavy (non-hydrogen) atoms. The number of hydrogen-bond donors (Lipinski definition) is 1. The van der Waals surface area contributed by atoms with Gasteiger partial charge in [-0.3, -0.25) is 4.79 Å². The maximum Gasteiger partial charge on any atom is 0.416 e. The number of halogens is 3. The summed E-state index contributed by atoms with van der Waals surface area (Å²) in [5.74, 6) is 0.305. The van der Waals surface area contributed by atoms with Gasteiger partial charge in [-0.2, -0.15) is 18.3 Å². The lowest BCUT2D eigenvalue weighted by Crippen LogP contribution is -2.28. The number of nitrogens with zero attached hydrogens (tertiary/aromatic N) is 3. The monoisotopic (exact) mass is 402 g/mol. The molecular weight excluding hydrogens is 385 g/mol. The molecule has 9 heteroatoms. The van der Waals surface area contributed by atoms with Gasteiger partial charge < -0.3 is 10.1 Å². The molecule has 1 aromatic heterocycles. The highest BCUT2D eigenvalue weighted by atomic mass is 19.4. The van der Waals surface area contributed by atoms with Crippen molar-refractivity contribution in [1.82, 2.24) is 14.8 Å². The van der Waals surface area contributed by atoms with Crippen LogP contribution >= 0.6 is 0 Å². The standard InChI is InChI=1S/C20H17F3N4O2/c1-29-15-5-2-13(3-6-15)19(8-9-19)18(28)26-16-10-14(20(21,22)23)4-7-17(16)27-12-24-11-25-27/h2-7,10-12H,8-9H2,1H3,(H,26,28). The Hall–Kier alpha value is -3.36. The van der Waals surface area contributed by atoms with E-state index < -0.39 is 17.2 Å². The molecule has 1 amide bonds. The van der Waals surface area contributed by atoms with E-state index in [1.54, 1.807) is 31.4 Å². The third kappa shape index (κ3) is 3.55. The average molecular weight is 402 g/mol. The van der Waals surface area contributed by atoms with Crippen LogP contribution in [0.1, 0.15) is 24.0 Å². The molecule has 0 unspecified atom stereocenters. The predicted octanol–water partition coefficient (Wildman–Crippen LogP) is 3.97. The van der Waals surface area contributed by atoms with Crippen LogP contribution < -0.4 is 10.1 Å². The Morgan fingerprint density at radius 3 is 2.45 bits per heavy atom. The van der Waals surface area contributed by atoms with E-state index in [2.05, 4.69) is 15.4 Å². The number of anilines is 1. The van der Waals surface area contributed by atoms with Gasteiger partial charge in [0.15, 0.2) is 0 Å². The number of methoxy groups -OCH3 is 1. The Morgan fingerprint density at radius 1 is 1.17 bits per heavy atom. The molecule has 0 aliphatic heterocycles. The molecule has 0 saturated heterocycles. The summed E-state index contributed by atoms with van der Waals surface area (Å²) in [4.78, 5) is 16.9. The van der Waals surface area contributed by atoms with Crippen molar-refractivity contribution >= 4 is 11.6 Å². The summed E-state index contributed by atoms with van der Waals surface area (Å²) in [6.45, 7) is 0. The smallest absolute Gasteiger partial charge is 0.416 e. The number of benzene rings is 2. The number of carbonyl (C=O) groups is 1. The Bertz CT molecular complexity index is 1030. The van der Waals surface area contributed by atoms with Crippen molar-refractivity contribution in [3.63, 3.8) is 0 Å². The lowest BCUT2D eigenvalue weighted by molar-refractivity contribution is -0.137. The third-order valence-electron chi connectivity index (χ3n) is 5.06. The summed E-state index contributed by atoms with van der Waals surface area (Å²) in [5.41, 5.74) is -0.499. The van der Waals surface area contributed by atoms with Gasteiger partial charge in [0.05, 0.1) is 29.5 Å². The quantitative estimate of drug-likeness (QED) is 0.701. The van der Waals surface area contributed by atoms with Crippen LogP contribution in [-0.4, -0.2) is 27.8 Å². The SMILES string of the molecule is COc1ccc(C2(C(=O)Nc3cc(C(F)(F)F)ccc3-n3cncn3)CC2)cc1. The van der Waals surface area contributed by atoms with Gasteiger partial charge >= 0.3 is 6.18 Å². The summed E-state index contributed by atoms with van der Waals surface area (Å²) in [6.07, 6.45) is -0.684. The number of hydrogen-bond acceptors (Lipinski definition) is 4. The minimum absolute atomic E-state index is 0.0233. The lowest BCUT2D eigenvalue weighted by atomic mass is 9.94. The normalized spacial score (nSPS) is 15.0. The highest BCUT2D eigenvalue weighted by Gasteiger charge is 2.51. The maximum atomic E-state index is 13.2. The van der Waals surface area contributed by atoms with Gasteiger partial charge in [-0.15, -0.1) is 0 Å². The molecule has 0 radical (unpaired) electrons. The largest absolute Gasteiger partial charge is 0.497 e. The summed E-state index contributed by atoms with van der Waals surface area (Å²) in [7, 11) is 1.55. The maximum absolute atomic E-state index is 13.2. The predicted molar refractivity (Wildman–Crippen MR) is 98.9 cm³/mol. The van der Waals surface area contributed by atoms with E-state index in [1.807, 2.05) is 0 Å². The number of nitrogens with one attached hydrogen (secondary N) is 1. The fourth-order valence-corrected chi connectivity index (χ4v) is 3.27. The van der Waals surface area contributed by atoms with Gasteiger partial charge in [0.2, 0.25) is 5.91 Å². The highest BCUT2D eigenvalue weighted by molar-refractivity contribution is 6.02. The van der Waals surface area contributed by atoms with Crippen LogP contribution in [-0.2, 0) is 16.4 Å². The molecule has 0 spiro atoms. The van der Waals surface area contributed by atoms with Crippen LogP contribution in [0.4, 0.5) is 18.9 Å². The van der Waals surface area contributed by atoms with Crippen LogP contribution in [0, 0.1) is 0 Å². The van der Waals surface area contributed by atoms with Crippen molar-refractivity contribution < 1.29 is 22.7 Å². The van der Waals surface area contributed by atoms with Gasteiger partial charge in [0.25, 0.3) is 0 Å². The van der Waals surface area contributed by atoms with Crippen LogP contribution in [0.3, 0.4) is 0 Å². The van der Waals surface area contributed by atoms with E-state index in [1.165, 1.54) is 23.4 Å². The van der Waals surface area contributed by atoms with Crippen molar-refractivity contribution in [2.24, 2.45) is 0 Å². The first-order valence-corrected chi connectivity index (χ1v) is 8.86. The van der Waals surface area contributed by atoms with Crippen LogP contribution in [0.2, 0.25) is 0 Å². The lowest BCUT2D eigenvalue weighted by Gasteiger charge is -2.19. The molecule has 0 bridgehead atoms. The molecule has 1 fully saturated rings. The molecule has 3 aromatic rings. The van der Waals surface area contributed by atoms with Gasteiger partial charge in [0, 0.05) is 0 Å². The van der Waals surface area contributed by atoms with E-state index >= 15 is 0 Å². The number of rotatable bonds is 5. The van der Waals surface area contributed by atoms with Crippen LogP contribution in [0.5, 0.6) is 5.75 Å². The van der Waals surface area contributed by atoms with Gasteiger partial charge in [-0.05, 0) is 48.7 Å². The average Bonchev–Trinajstić information content (AvgIpc) is 3.34. The van der Waals surface area contributed by atoms with Crippen LogP contribution in [0.15, 0.2) is 55.1 Å². The second kappa shape index (κ2) is 6.91. The Kier molecular flexibility index (Phi) is 4.52. The topological polar surface area (TPSA) is 69.0 Å². The van der Waals surface area contributed by atoms with Crippen LogP contribution in [0.25, 0.3) is 5.69 Å². The number of aromatic nitrogens is 3. The minimum atomic E-state index is -4.53. The number of amides is 1. The molecular formula is C20H17F3N4O2. The fourth-order valence-electron chi connectivity index (χ4n) is 3.27. The second-order valence-electron chi connectivity index (χ2n) is 6.83. The van der Waals surface area contributed by atoms with E-state index in [0.29, 0.717) is 24.3 Å². The number of carbonyl (C=O) groups excluding carboxylic acids is 1. The first-order valence-electron chi connectivity index (χ1n) is 8.86. The second-order valence-corrected chi connectivity index (χ2v) is 6.83. The highest BCUT2D eigenvalue weighted by Crippen LogP contribution is 2.49. The molecule has 1 saturated carbocycles. The summed E-state index contributed by atoms with van der Waals surface area (Å²) in [6, 6.07) is 10.2. The molecule has 1 aliphatic carbocycles. The molecule has 1 aliphatic rings. The summed E-state index contributed by atoms with van der Waals surface area (Å²) >= 11 is 0. The van der Waals surface area contributed by atoms with Crippen molar-refractivity contribution in [3.8, 4) is 11.4 Å². The first kappa shape index (κ1) is 19.0. The van der Waals surface area contributed by atoms with E-state index in [4.69, 9.17) is 4.74 Å². The van der Waals surface area contributed by atoms with Crippen molar-refractivity contribution in [3.05, 3.63) is 66.2 Å².